The van der Waals surface area contributed by atoms with Crippen molar-refractivity contribution in [3.8, 4) is 5.75 Å². The van der Waals surface area contributed by atoms with Gasteiger partial charge in [-0.1, -0.05) is 30.3 Å². The Morgan fingerprint density at radius 1 is 1.12 bits per heavy atom. The van der Waals surface area contributed by atoms with Crippen LogP contribution in [-0.4, -0.2) is 22.6 Å². The number of rotatable bonds is 4. The second-order valence-corrected chi connectivity index (χ2v) is 6.06. The van der Waals surface area contributed by atoms with E-state index in [1.165, 1.54) is 0 Å². The van der Waals surface area contributed by atoms with E-state index in [0.29, 0.717) is 23.9 Å². The van der Waals surface area contributed by atoms with E-state index in [9.17, 15) is 4.79 Å². The Kier molecular flexibility index (Phi) is 3.84. The number of para-hydroxylation sites is 3. The molecular formula is C19H18N4O3. The second kappa shape index (κ2) is 6.18. The van der Waals surface area contributed by atoms with E-state index in [1.807, 2.05) is 54.3 Å². The Hall–Kier alpha value is -3.35. The summed E-state index contributed by atoms with van der Waals surface area (Å²) in [6.45, 7) is 4.26. The van der Waals surface area contributed by atoms with Crippen molar-refractivity contribution in [3.05, 3.63) is 60.5 Å². The molecule has 2 aromatic carbocycles. The molecule has 1 aliphatic rings. The van der Waals surface area contributed by atoms with Gasteiger partial charge in [0, 0.05) is 12.2 Å². The molecule has 1 N–H and O–H groups in total. The average Bonchev–Trinajstić information content (AvgIpc) is 3.15. The van der Waals surface area contributed by atoms with Crippen molar-refractivity contribution >= 4 is 23.2 Å². The van der Waals surface area contributed by atoms with Crippen LogP contribution in [0.5, 0.6) is 5.75 Å². The van der Waals surface area contributed by atoms with Crippen LogP contribution in [0, 0.1) is 0 Å². The van der Waals surface area contributed by atoms with Crippen LogP contribution < -0.4 is 15.0 Å². The Balaban J connectivity index is 1.68. The van der Waals surface area contributed by atoms with Crippen molar-refractivity contribution in [2.45, 2.75) is 19.4 Å². The molecule has 26 heavy (non-hydrogen) atoms. The number of aromatic nitrogens is 2. The molecule has 132 valence electrons. The first-order valence-corrected chi connectivity index (χ1v) is 8.38. The SMILES string of the molecule is CCN(c1ccccc1)c1noc(C2(C)Oc3ccccc3NC2=O)n1. The number of carbonyl (C=O) groups is 1. The fourth-order valence-electron chi connectivity index (χ4n) is 2.87. The first-order chi connectivity index (χ1) is 12.6. The quantitative estimate of drug-likeness (QED) is 0.776. The van der Waals surface area contributed by atoms with Gasteiger partial charge in [-0.15, -0.1) is 0 Å². The largest absolute Gasteiger partial charge is 0.466 e. The molecule has 0 radical (unpaired) electrons. The molecule has 0 saturated heterocycles. The topological polar surface area (TPSA) is 80.5 Å². The van der Waals surface area contributed by atoms with Crippen molar-refractivity contribution in [1.82, 2.24) is 10.1 Å². The van der Waals surface area contributed by atoms with Gasteiger partial charge in [0.2, 0.25) is 0 Å². The highest BCUT2D eigenvalue weighted by Gasteiger charge is 2.47. The van der Waals surface area contributed by atoms with E-state index in [0.717, 1.165) is 5.69 Å². The molecule has 1 amide bonds. The minimum atomic E-state index is -1.39. The molecular weight excluding hydrogens is 332 g/mol. The highest BCUT2D eigenvalue weighted by atomic mass is 16.5. The Morgan fingerprint density at radius 2 is 1.85 bits per heavy atom. The third kappa shape index (κ3) is 2.57. The molecule has 0 spiro atoms. The van der Waals surface area contributed by atoms with E-state index in [-0.39, 0.29) is 11.8 Å². The fraction of sp³-hybridized carbons (Fsp3) is 0.211. The summed E-state index contributed by atoms with van der Waals surface area (Å²) < 4.78 is 11.3. The summed E-state index contributed by atoms with van der Waals surface area (Å²) in [5.74, 6) is 0.693. The number of fused-ring (bicyclic) bond motifs is 1. The van der Waals surface area contributed by atoms with Crippen LogP contribution in [0.25, 0.3) is 0 Å². The second-order valence-electron chi connectivity index (χ2n) is 6.06. The summed E-state index contributed by atoms with van der Waals surface area (Å²) in [7, 11) is 0. The van der Waals surface area contributed by atoms with Gasteiger partial charge in [0.1, 0.15) is 5.75 Å². The minimum absolute atomic E-state index is 0.105. The first kappa shape index (κ1) is 16.1. The van der Waals surface area contributed by atoms with Crippen LogP contribution in [-0.2, 0) is 10.4 Å². The third-order valence-electron chi connectivity index (χ3n) is 4.33. The zero-order chi connectivity index (χ0) is 18.1. The van der Waals surface area contributed by atoms with Gasteiger partial charge in [0.15, 0.2) is 0 Å². The number of nitrogens with zero attached hydrogens (tertiary/aromatic N) is 3. The molecule has 0 aliphatic carbocycles. The smallest absolute Gasteiger partial charge is 0.282 e. The fourth-order valence-corrected chi connectivity index (χ4v) is 2.87. The van der Waals surface area contributed by atoms with Crippen LogP contribution in [0.4, 0.5) is 17.3 Å². The summed E-state index contributed by atoms with van der Waals surface area (Å²) in [5, 5.41) is 6.88. The normalized spacial score (nSPS) is 18.6. The lowest BCUT2D eigenvalue weighted by Gasteiger charge is -2.31. The predicted molar refractivity (Wildman–Crippen MR) is 96.5 cm³/mol. The Bertz CT molecular complexity index is 941. The van der Waals surface area contributed by atoms with Crippen LogP contribution in [0.2, 0.25) is 0 Å². The zero-order valence-corrected chi connectivity index (χ0v) is 14.5. The molecule has 1 atom stereocenters. The van der Waals surface area contributed by atoms with Gasteiger partial charge >= 0.3 is 0 Å². The highest BCUT2D eigenvalue weighted by molar-refractivity contribution is 6.00. The molecule has 0 fully saturated rings. The van der Waals surface area contributed by atoms with E-state index in [1.54, 1.807) is 19.1 Å². The summed E-state index contributed by atoms with van der Waals surface area (Å²) in [6.07, 6.45) is 0. The maximum absolute atomic E-state index is 12.6. The molecule has 4 rings (SSSR count). The van der Waals surface area contributed by atoms with Gasteiger partial charge in [-0.25, -0.2) is 0 Å². The highest BCUT2D eigenvalue weighted by Crippen LogP contribution is 2.38. The number of hydrogen-bond acceptors (Lipinski definition) is 6. The molecule has 7 heteroatoms. The average molecular weight is 350 g/mol. The van der Waals surface area contributed by atoms with E-state index < -0.39 is 5.60 Å². The molecule has 1 aromatic heterocycles. The molecule has 3 aromatic rings. The van der Waals surface area contributed by atoms with Crippen molar-refractivity contribution < 1.29 is 14.1 Å². The van der Waals surface area contributed by atoms with Gasteiger partial charge in [-0.05, 0) is 43.3 Å². The summed E-state index contributed by atoms with van der Waals surface area (Å²) >= 11 is 0. The predicted octanol–water partition coefficient (Wildman–Crippen LogP) is 3.47. The van der Waals surface area contributed by atoms with Crippen molar-refractivity contribution in [2.24, 2.45) is 0 Å². The number of anilines is 3. The summed E-state index contributed by atoms with van der Waals surface area (Å²) in [4.78, 5) is 19.0. The number of carbonyl (C=O) groups excluding carboxylic acids is 1. The van der Waals surface area contributed by atoms with Gasteiger partial charge in [0.25, 0.3) is 23.3 Å². The molecule has 1 aliphatic heterocycles. The standard InChI is InChI=1S/C19H18N4O3/c1-3-23(13-9-5-4-6-10-13)18-21-17(26-22-18)19(2)16(24)20-14-11-7-8-12-15(14)25-19/h4-12H,3H2,1-2H3,(H,20,24). The maximum atomic E-state index is 12.6. The maximum Gasteiger partial charge on any atom is 0.282 e. The van der Waals surface area contributed by atoms with Crippen LogP contribution in [0.3, 0.4) is 0 Å². The minimum Gasteiger partial charge on any atom is -0.466 e. The zero-order valence-electron chi connectivity index (χ0n) is 14.5. The number of nitrogens with one attached hydrogen (secondary N) is 1. The lowest BCUT2D eigenvalue weighted by Crippen LogP contribution is -2.46. The molecule has 0 saturated carbocycles. The van der Waals surface area contributed by atoms with Crippen LogP contribution in [0.1, 0.15) is 19.7 Å². The number of amides is 1. The van der Waals surface area contributed by atoms with Crippen molar-refractivity contribution in [2.75, 3.05) is 16.8 Å². The van der Waals surface area contributed by atoms with E-state index in [4.69, 9.17) is 9.26 Å². The van der Waals surface area contributed by atoms with E-state index >= 15 is 0 Å². The van der Waals surface area contributed by atoms with Crippen LogP contribution in [0.15, 0.2) is 59.1 Å². The van der Waals surface area contributed by atoms with Gasteiger partial charge in [-0.3, -0.25) is 4.79 Å². The Morgan fingerprint density at radius 3 is 2.62 bits per heavy atom. The van der Waals surface area contributed by atoms with Gasteiger partial charge in [0.05, 0.1) is 5.69 Å². The molecule has 7 nitrogen and oxygen atoms in total. The molecule has 2 heterocycles. The molecule has 1 unspecified atom stereocenters. The summed E-state index contributed by atoms with van der Waals surface area (Å²) in [6, 6.07) is 17.0. The summed E-state index contributed by atoms with van der Waals surface area (Å²) in [5.41, 5.74) is 0.163. The first-order valence-electron chi connectivity index (χ1n) is 8.38. The number of benzene rings is 2. The molecule has 0 bridgehead atoms. The van der Waals surface area contributed by atoms with Gasteiger partial charge < -0.3 is 19.5 Å². The lowest BCUT2D eigenvalue weighted by atomic mass is 10.0. The van der Waals surface area contributed by atoms with Crippen molar-refractivity contribution in [3.63, 3.8) is 0 Å². The van der Waals surface area contributed by atoms with Gasteiger partial charge in [-0.2, -0.15) is 4.98 Å². The van der Waals surface area contributed by atoms with E-state index in [2.05, 4.69) is 15.5 Å². The third-order valence-corrected chi connectivity index (χ3v) is 4.33. The number of hydrogen-bond donors (Lipinski definition) is 1. The monoisotopic (exact) mass is 350 g/mol. The lowest BCUT2D eigenvalue weighted by molar-refractivity contribution is -0.133. The van der Waals surface area contributed by atoms with Crippen LogP contribution >= 0.6 is 0 Å². The number of ether oxygens (including phenoxy) is 1. The van der Waals surface area contributed by atoms with Crippen molar-refractivity contribution in [1.29, 1.82) is 0 Å². The Labute approximate surface area is 150 Å².